The average Bonchev–Trinajstić information content (AvgIpc) is 3.45. The monoisotopic (exact) mass is 300 g/mol. The summed E-state index contributed by atoms with van der Waals surface area (Å²) in [4.78, 5) is 25.5. The highest BCUT2D eigenvalue weighted by Gasteiger charge is 2.36. The lowest BCUT2D eigenvalue weighted by molar-refractivity contribution is -0.133. The molecular formula is C17H24N4O. The standard InChI is InChI=1S/C17H24N4O/c1-20(17(22)13-6-7-13)14-3-2-8-21(10-14)16-9-15(12-4-5-12)18-11-19-16/h9,11-14H,2-8,10H2,1H3. The highest BCUT2D eigenvalue weighted by Crippen LogP contribution is 2.39. The van der Waals surface area contributed by atoms with Gasteiger partial charge in [0.05, 0.1) is 0 Å². The van der Waals surface area contributed by atoms with Gasteiger partial charge in [-0.2, -0.15) is 0 Å². The molecule has 2 heterocycles. The maximum Gasteiger partial charge on any atom is 0.225 e. The largest absolute Gasteiger partial charge is 0.354 e. The van der Waals surface area contributed by atoms with Crippen LogP contribution in [0.2, 0.25) is 0 Å². The lowest BCUT2D eigenvalue weighted by Crippen LogP contribution is -2.49. The Hall–Kier alpha value is -1.65. The van der Waals surface area contributed by atoms with Gasteiger partial charge in [0.1, 0.15) is 12.1 Å². The SMILES string of the molecule is CN(C(=O)C1CC1)C1CCCN(c2cc(C3CC3)ncn2)C1. The third kappa shape index (κ3) is 2.81. The first-order valence-corrected chi connectivity index (χ1v) is 8.56. The van der Waals surface area contributed by atoms with Crippen molar-refractivity contribution in [2.45, 2.75) is 50.5 Å². The van der Waals surface area contributed by atoms with E-state index in [1.54, 1.807) is 6.33 Å². The number of carbonyl (C=O) groups excluding carboxylic acids is 1. The number of amides is 1. The molecule has 5 heteroatoms. The maximum atomic E-state index is 12.3. The predicted molar refractivity (Wildman–Crippen MR) is 84.7 cm³/mol. The summed E-state index contributed by atoms with van der Waals surface area (Å²) in [5.41, 5.74) is 1.19. The fourth-order valence-corrected chi connectivity index (χ4v) is 3.41. The molecule has 4 rings (SSSR count). The Bertz CT molecular complexity index is 568. The van der Waals surface area contributed by atoms with Crippen molar-refractivity contribution in [2.24, 2.45) is 5.92 Å². The summed E-state index contributed by atoms with van der Waals surface area (Å²) in [5, 5.41) is 0. The van der Waals surface area contributed by atoms with Crippen LogP contribution < -0.4 is 4.90 Å². The van der Waals surface area contributed by atoms with E-state index in [0.717, 1.165) is 44.6 Å². The van der Waals surface area contributed by atoms with E-state index >= 15 is 0 Å². The van der Waals surface area contributed by atoms with Gasteiger partial charge in [-0.25, -0.2) is 9.97 Å². The van der Waals surface area contributed by atoms with Gasteiger partial charge in [-0.3, -0.25) is 4.79 Å². The maximum absolute atomic E-state index is 12.3. The number of hydrogen-bond acceptors (Lipinski definition) is 4. The van der Waals surface area contributed by atoms with Gasteiger partial charge >= 0.3 is 0 Å². The van der Waals surface area contributed by atoms with Crippen molar-refractivity contribution in [3.63, 3.8) is 0 Å². The van der Waals surface area contributed by atoms with Crippen LogP contribution in [0.5, 0.6) is 0 Å². The molecule has 1 atom stereocenters. The fourth-order valence-electron chi connectivity index (χ4n) is 3.41. The number of anilines is 1. The van der Waals surface area contributed by atoms with Crippen LogP contribution in [0.4, 0.5) is 5.82 Å². The molecule has 1 amide bonds. The first kappa shape index (κ1) is 14.0. The Labute approximate surface area is 131 Å². The Morgan fingerprint density at radius 2 is 2.05 bits per heavy atom. The van der Waals surface area contributed by atoms with E-state index in [2.05, 4.69) is 20.9 Å². The first-order chi connectivity index (χ1) is 10.7. The van der Waals surface area contributed by atoms with Crippen molar-refractivity contribution in [2.75, 3.05) is 25.0 Å². The van der Waals surface area contributed by atoms with Gasteiger partial charge in [0.2, 0.25) is 5.91 Å². The fraction of sp³-hybridized carbons (Fsp3) is 0.706. The van der Waals surface area contributed by atoms with Crippen molar-refractivity contribution in [3.05, 3.63) is 18.1 Å². The van der Waals surface area contributed by atoms with Crippen LogP contribution in [0.1, 0.15) is 50.1 Å². The summed E-state index contributed by atoms with van der Waals surface area (Å²) in [6.45, 7) is 1.93. The molecule has 0 aromatic carbocycles. The minimum absolute atomic E-state index is 0.306. The number of hydrogen-bond donors (Lipinski definition) is 0. The van der Waals surface area contributed by atoms with Crippen LogP contribution in [0.3, 0.4) is 0 Å². The first-order valence-electron chi connectivity index (χ1n) is 8.56. The van der Waals surface area contributed by atoms with Crippen molar-refractivity contribution < 1.29 is 4.79 Å². The lowest BCUT2D eigenvalue weighted by Gasteiger charge is -2.38. The summed E-state index contributed by atoms with van der Waals surface area (Å²) in [6.07, 6.45) is 8.61. The summed E-state index contributed by atoms with van der Waals surface area (Å²) in [7, 11) is 1.98. The number of aromatic nitrogens is 2. The van der Waals surface area contributed by atoms with Gasteiger partial charge in [-0.1, -0.05) is 0 Å². The molecule has 1 aromatic heterocycles. The summed E-state index contributed by atoms with van der Waals surface area (Å²) >= 11 is 0. The van der Waals surface area contributed by atoms with Crippen LogP contribution in [0, 0.1) is 5.92 Å². The Morgan fingerprint density at radius 3 is 2.77 bits per heavy atom. The van der Waals surface area contributed by atoms with Crippen molar-refractivity contribution in [1.82, 2.24) is 14.9 Å². The highest BCUT2D eigenvalue weighted by atomic mass is 16.2. The third-order valence-corrected chi connectivity index (χ3v) is 5.21. The van der Waals surface area contributed by atoms with Gasteiger partial charge in [0, 0.05) is 49.8 Å². The molecule has 1 aromatic rings. The molecule has 118 valence electrons. The molecular weight excluding hydrogens is 276 g/mol. The molecule has 5 nitrogen and oxygen atoms in total. The molecule has 2 saturated carbocycles. The summed E-state index contributed by atoms with van der Waals surface area (Å²) in [6, 6.07) is 2.48. The zero-order valence-electron chi connectivity index (χ0n) is 13.2. The Balaban J connectivity index is 1.45. The number of piperidine rings is 1. The Kier molecular flexibility index (Phi) is 3.51. The predicted octanol–water partition coefficient (Wildman–Crippen LogP) is 2.19. The topological polar surface area (TPSA) is 49.3 Å². The molecule has 0 bridgehead atoms. The molecule has 1 saturated heterocycles. The van der Waals surface area contributed by atoms with E-state index < -0.39 is 0 Å². The number of likely N-dealkylation sites (N-methyl/N-ethyl adjacent to an activating group) is 1. The van der Waals surface area contributed by atoms with Gasteiger partial charge in [-0.15, -0.1) is 0 Å². The van der Waals surface area contributed by atoms with Crippen LogP contribution in [0.25, 0.3) is 0 Å². The second-order valence-electron chi connectivity index (χ2n) is 7.04. The second-order valence-corrected chi connectivity index (χ2v) is 7.04. The van der Waals surface area contributed by atoms with E-state index in [-0.39, 0.29) is 0 Å². The molecule has 22 heavy (non-hydrogen) atoms. The molecule has 2 aliphatic carbocycles. The van der Waals surface area contributed by atoms with Gasteiger partial charge in [0.25, 0.3) is 0 Å². The van der Waals surface area contributed by atoms with E-state index in [1.807, 2.05) is 11.9 Å². The average molecular weight is 300 g/mol. The third-order valence-electron chi connectivity index (χ3n) is 5.21. The molecule has 3 aliphatic rings. The minimum Gasteiger partial charge on any atom is -0.354 e. The highest BCUT2D eigenvalue weighted by molar-refractivity contribution is 5.81. The lowest BCUT2D eigenvalue weighted by atomic mass is 10.0. The normalized spacial score (nSPS) is 25.1. The smallest absolute Gasteiger partial charge is 0.225 e. The summed E-state index contributed by atoms with van der Waals surface area (Å²) in [5.74, 6) is 2.34. The van der Waals surface area contributed by atoms with Crippen molar-refractivity contribution >= 4 is 11.7 Å². The van der Waals surface area contributed by atoms with Gasteiger partial charge in [0.15, 0.2) is 0 Å². The minimum atomic E-state index is 0.306. The zero-order valence-corrected chi connectivity index (χ0v) is 13.2. The van der Waals surface area contributed by atoms with Crippen LogP contribution in [-0.4, -0.2) is 47.0 Å². The van der Waals surface area contributed by atoms with E-state index in [0.29, 0.717) is 23.8 Å². The van der Waals surface area contributed by atoms with E-state index in [4.69, 9.17) is 0 Å². The van der Waals surface area contributed by atoms with Crippen LogP contribution in [-0.2, 0) is 4.79 Å². The quantitative estimate of drug-likeness (QED) is 0.855. The zero-order chi connectivity index (χ0) is 15.1. The number of nitrogens with zero attached hydrogens (tertiary/aromatic N) is 4. The molecule has 1 unspecified atom stereocenters. The van der Waals surface area contributed by atoms with Crippen LogP contribution >= 0.6 is 0 Å². The molecule has 0 spiro atoms. The van der Waals surface area contributed by atoms with E-state index in [1.165, 1.54) is 18.5 Å². The number of rotatable bonds is 4. The summed E-state index contributed by atoms with van der Waals surface area (Å²) < 4.78 is 0. The second kappa shape index (κ2) is 5.52. The molecule has 1 aliphatic heterocycles. The Morgan fingerprint density at radius 1 is 1.23 bits per heavy atom. The number of carbonyl (C=O) groups is 1. The van der Waals surface area contributed by atoms with Crippen molar-refractivity contribution in [3.8, 4) is 0 Å². The molecule has 0 N–H and O–H groups in total. The van der Waals surface area contributed by atoms with Crippen LogP contribution in [0.15, 0.2) is 12.4 Å². The molecule has 0 radical (unpaired) electrons. The van der Waals surface area contributed by atoms with Gasteiger partial charge < -0.3 is 9.80 Å². The van der Waals surface area contributed by atoms with Gasteiger partial charge in [-0.05, 0) is 38.5 Å². The molecule has 3 fully saturated rings. The van der Waals surface area contributed by atoms with Crippen molar-refractivity contribution in [1.29, 1.82) is 0 Å². The van der Waals surface area contributed by atoms with E-state index in [9.17, 15) is 4.79 Å².